The molecule has 1 aromatic carbocycles. The van der Waals surface area contributed by atoms with Crippen molar-refractivity contribution in [2.45, 2.75) is 33.9 Å². The summed E-state index contributed by atoms with van der Waals surface area (Å²) >= 11 is 0. The predicted molar refractivity (Wildman–Crippen MR) is 88.7 cm³/mol. The molecule has 0 spiro atoms. The van der Waals surface area contributed by atoms with Crippen molar-refractivity contribution in [1.82, 2.24) is 0 Å². The number of ether oxygens (including phenoxy) is 2. The van der Waals surface area contributed by atoms with Gasteiger partial charge in [-0.25, -0.2) is 9.69 Å². The molecule has 0 radical (unpaired) electrons. The summed E-state index contributed by atoms with van der Waals surface area (Å²) in [4.78, 5) is 14.1. The van der Waals surface area contributed by atoms with E-state index in [2.05, 4.69) is 13.8 Å². The molecule has 0 aliphatic carbocycles. The minimum atomic E-state index is -0.419. The highest BCUT2D eigenvalue weighted by molar-refractivity contribution is 5.93. The molecule has 1 aliphatic rings. The van der Waals surface area contributed by atoms with Crippen LogP contribution in [-0.2, 0) is 9.47 Å². The zero-order valence-corrected chi connectivity index (χ0v) is 13.8. The van der Waals surface area contributed by atoms with Gasteiger partial charge in [-0.1, -0.05) is 52.0 Å². The van der Waals surface area contributed by atoms with E-state index in [4.69, 9.17) is 9.47 Å². The molecule has 0 saturated carbocycles. The molecule has 4 heteroatoms. The number of rotatable bonds is 5. The van der Waals surface area contributed by atoms with E-state index >= 15 is 0 Å². The molecular formula is C18H25NO3. The summed E-state index contributed by atoms with van der Waals surface area (Å²) in [5, 5.41) is 0. The van der Waals surface area contributed by atoms with Gasteiger partial charge in [0.25, 0.3) is 0 Å². The third-order valence-electron chi connectivity index (χ3n) is 3.23. The summed E-state index contributed by atoms with van der Waals surface area (Å²) in [6.07, 6.45) is 3.12. The van der Waals surface area contributed by atoms with Gasteiger partial charge in [-0.2, -0.15) is 0 Å². The summed E-state index contributed by atoms with van der Waals surface area (Å²) in [6, 6.07) is 7.77. The number of amides is 1. The second kappa shape index (κ2) is 7.45. The average Bonchev–Trinajstić information content (AvgIpc) is 2.49. The van der Waals surface area contributed by atoms with E-state index in [0.717, 1.165) is 11.3 Å². The lowest BCUT2D eigenvalue weighted by molar-refractivity contribution is 0.0556. The van der Waals surface area contributed by atoms with Gasteiger partial charge in [0, 0.05) is 0 Å². The molecule has 1 atom stereocenters. The molecular weight excluding hydrogens is 278 g/mol. The van der Waals surface area contributed by atoms with E-state index < -0.39 is 6.23 Å². The van der Waals surface area contributed by atoms with Crippen molar-refractivity contribution >= 4 is 17.9 Å². The summed E-state index contributed by atoms with van der Waals surface area (Å²) in [7, 11) is 0. The Labute approximate surface area is 132 Å². The number of para-hydroxylation sites is 1. The number of carbonyl (C=O) groups is 1. The molecule has 0 N–H and O–H groups in total. The molecule has 4 nitrogen and oxygen atoms in total. The third kappa shape index (κ3) is 4.10. The highest BCUT2D eigenvalue weighted by atomic mass is 16.6. The Morgan fingerprint density at radius 1 is 1.14 bits per heavy atom. The van der Waals surface area contributed by atoms with Crippen LogP contribution in [0.15, 0.2) is 30.3 Å². The summed E-state index contributed by atoms with van der Waals surface area (Å²) < 4.78 is 11.3. The molecule has 0 fully saturated rings. The first kappa shape index (κ1) is 16.6. The Bertz CT molecular complexity index is 537. The number of hydrogen-bond donors (Lipinski definition) is 0. The van der Waals surface area contributed by atoms with Gasteiger partial charge in [0.15, 0.2) is 6.23 Å². The summed E-state index contributed by atoms with van der Waals surface area (Å²) in [6.45, 7) is 9.20. The minimum Gasteiger partial charge on any atom is -0.449 e. The van der Waals surface area contributed by atoms with Crippen LogP contribution in [-0.4, -0.2) is 25.5 Å². The van der Waals surface area contributed by atoms with Crippen molar-refractivity contribution in [3.8, 4) is 0 Å². The monoisotopic (exact) mass is 303 g/mol. The topological polar surface area (TPSA) is 38.8 Å². The van der Waals surface area contributed by atoms with Crippen molar-refractivity contribution in [1.29, 1.82) is 0 Å². The molecule has 120 valence electrons. The first-order chi connectivity index (χ1) is 10.5. The van der Waals surface area contributed by atoms with Gasteiger partial charge in [0.2, 0.25) is 0 Å². The smallest absolute Gasteiger partial charge is 0.416 e. The molecule has 0 aromatic heterocycles. The van der Waals surface area contributed by atoms with Gasteiger partial charge in [-0.05, 0) is 29.5 Å². The summed E-state index contributed by atoms with van der Waals surface area (Å²) in [5.74, 6) is 0.702. The molecule has 22 heavy (non-hydrogen) atoms. The molecule has 1 aliphatic heterocycles. The highest BCUT2D eigenvalue weighted by Crippen LogP contribution is 2.30. The second-order valence-corrected chi connectivity index (χ2v) is 6.38. The Kier molecular flexibility index (Phi) is 5.61. The van der Waals surface area contributed by atoms with Crippen molar-refractivity contribution in [2.24, 2.45) is 11.8 Å². The number of hydrogen-bond acceptors (Lipinski definition) is 3. The first-order valence-corrected chi connectivity index (χ1v) is 7.84. The SMILES string of the molecule is CC(C)COC(=O)N1c2ccccc2C=C[C@@H]1OCC(C)C. The number of anilines is 1. The van der Waals surface area contributed by atoms with E-state index in [9.17, 15) is 4.79 Å². The van der Waals surface area contributed by atoms with Crippen LogP contribution in [0.5, 0.6) is 0 Å². The number of benzene rings is 1. The Morgan fingerprint density at radius 2 is 1.82 bits per heavy atom. The summed E-state index contributed by atoms with van der Waals surface area (Å²) in [5.41, 5.74) is 1.82. The molecule has 1 amide bonds. The quantitative estimate of drug-likeness (QED) is 0.813. The normalized spacial score (nSPS) is 17.0. The third-order valence-corrected chi connectivity index (χ3v) is 3.23. The van der Waals surface area contributed by atoms with Crippen LogP contribution in [0.3, 0.4) is 0 Å². The number of carbonyl (C=O) groups excluding carboxylic acids is 1. The molecule has 0 saturated heterocycles. The van der Waals surface area contributed by atoms with Crippen LogP contribution < -0.4 is 4.90 Å². The minimum absolute atomic E-state index is 0.301. The lowest BCUT2D eigenvalue weighted by atomic mass is 10.1. The van der Waals surface area contributed by atoms with Crippen molar-refractivity contribution in [2.75, 3.05) is 18.1 Å². The van der Waals surface area contributed by atoms with Gasteiger partial charge in [0.1, 0.15) is 0 Å². The van der Waals surface area contributed by atoms with E-state index in [-0.39, 0.29) is 6.09 Å². The van der Waals surface area contributed by atoms with E-state index in [1.165, 1.54) is 0 Å². The van der Waals surface area contributed by atoms with Crippen molar-refractivity contribution < 1.29 is 14.3 Å². The lowest BCUT2D eigenvalue weighted by Gasteiger charge is -2.33. The van der Waals surface area contributed by atoms with E-state index in [0.29, 0.717) is 25.0 Å². The van der Waals surface area contributed by atoms with Crippen LogP contribution in [0.25, 0.3) is 6.08 Å². The van der Waals surface area contributed by atoms with Crippen molar-refractivity contribution in [3.05, 3.63) is 35.9 Å². The van der Waals surface area contributed by atoms with Gasteiger partial charge >= 0.3 is 6.09 Å². The fourth-order valence-corrected chi connectivity index (χ4v) is 2.19. The van der Waals surface area contributed by atoms with Crippen LogP contribution in [0.1, 0.15) is 33.3 Å². The number of fused-ring (bicyclic) bond motifs is 1. The Balaban J connectivity index is 2.21. The molecule has 0 bridgehead atoms. The average molecular weight is 303 g/mol. The molecule has 2 rings (SSSR count). The van der Waals surface area contributed by atoms with Crippen LogP contribution in [0.2, 0.25) is 0 Å². The van der Waals surface area contributed by atoms with E-state index in [1.54, 1.807) is 4.90 Å². The van der Waals surface area contributed by atoms with Crippen molar-refractivity contribution in [3.63, 3.8) is 0 Å². The molecule has 1 aromatic rings. The Morgan fingerprint density at radius 3 is 2.50 bits per heavy atom. The van der Waals surface area contributed by atoms with Crippen LogP contribution in [0, 0.1) is 11.8 Å². The zero-order chi connectivity index (χ0) is 16.1. The van der Waals surface area contributed by atoms with Gasteiger partial charge in [-0.3, -0.25) is 0 Å². The second-order valence-electron chi connectivity index (χ2n) is 6.38. The predicted octanol–water partition coefficient (Wildman–Crippen LogP) is 4.31. The van der Waals surface area contributed by atoms with E-state index in [1.807, 2.05) is 50.3 Å². The fourth-order valence-electron chi connectivity index (χ4n) is 2.19. The first-order valence-electron chi connectivity index (χ1n) is 7.84. The maximum atomic E-state index is 12.5. The Hall–Kier alpha value is -1.81. The van der Waals surface area contributed by atoms with Gasteiger partial charge in [-0.15, -0.1) is 0 Å². The maximum Gasteiger partial charge on any atom is 0.416 e. The largest absolute Gasteiger partial charge is 0.449 e. The lowest BCUT2D eigenvalue weighted by Crippen LogP contribution is -2.44. The van der Waals surface area contributed by atoms with Crippen LogP contribution in [0.4, 0.5) is 10.5 Å². The maximum absolute atomic E-state index is 12.5. The van der Waals surface area contributed by atoms with Crippen LogP contribution >= 0.6 is 0 Å². The highest BCUT2D eigenvalue weighted by Gasteiger charge is 2.30. The zero-order valence-electron chi connectivity index (χ0n) is 13.8. The molecule has 0 unspecified atom stereocenters. The number of nitrogens with zero attached hydrogens (tertiary/aromatic N) is 1. The van der Waals surface area contributed by atoms with Gasteiger partial charge < -0.3 is 9.47 Å². The fraction of sp³-hybridized carbons (Fsp3) is 0.500. The molecule has 1 heterocycles. The standard InChI is InChI=1S/C18H25NO3/c1-13(2)11-21-17-10-9-15-7-5-6-8-16(15)19(17)18(20)22-12-14(3)4/h5-10,13-14,17H,11-12H2,1-4H3/t17-/m0/s1. The van der Waals surface area contributed by atoms with Gasteiger partial charge in [0.05, 0.1) is 18.9 Å².